The highest BCUT2D eigenvalue weighted by atomic mass is 32.2. The molecule has 7 nitrogen and oxygen atoms in total. The molecule has 1 aliphatic heterocycles. The molecule has 1 heterocycles. The van der Waals surface area contributed by atoms with Gasteiger partial charge in [-0.1, -0.05) is 48.5 Å². The van der Waals surface area contributed by atoms with Crippen molar-refractivity contribution in [1.29, 1.82) is 0 Å². The zero-order chi connectivity index (χ0) is 22.3. The van der Waals surface area contributed by atoms with Crippen molar-refractivity contribution < 1.29 is 17.9 Å². The predicted octanol–water partition coefficient (Wildman–Crippen LogP) is 2.49. The van der Waals surface area contributed by atoms with Crippen molar-refractivity contribution in [2.45, 2.75) is 13.0 Å². The van der Waals surface area contributed by atoms with E-state index < -0.39 is 10.0 Å². The number of hydrogen-bond donors (Lipinski definition) is 1. The lowest BCUT2D eigenvalue weighted by Gasteiger charge is -2.33. The lowest BCUT2D eigenvalue weighted by Crippen LogP contribution is -2.50. The second kappa shape index (κ2) is 10.6. The minimum atomic E-state index is -3.48. The molecule has 0 aromatic heterocycles. The Kier molecular flexibility index (Phi) is 7.84. The fourth-order valence-electron chi connectivity index (χ4n) is 3.55. The van der Waals surface area contributed by atoms with Gasteiger partial charge < -0.3 is 10.1 Å². The maximum Gasteiger partial charge on any atom is 0.236 e. The Morgan fingerprint density at radius 1 is 1.06 bits per heavy atom. The van der Waals surface area contributed by atoms with Crippen molar-refractivity contribution in [3.8, 4) is 5.75 Å². The number of nitrogens with one attached hydrogen (secondary N) is 1. The number of nitrogens with zero attached hydrogens (tertiary/aromatic N) is 2. The first kappa shape index (κ1) is 23.0. The van der Waals surface area contributed by atoms with E-state index >= 15 is 0 Å². The van der Waals surface area contributed by atoms with Crippen LogP contribution in [-0.4, -0.2) is 63.4 Å². The van der Waals surface area contributed by atoms with Crippen molar-refractivity contribution in [2.75, 3.05) is 39.8 Å². The van der Waals surface area contributed by atoms with Crippen molar-refractivity contribution >= 4 is 22.0 Å². The van der Waals surface area contributed by atoms with Gasteiger partial charge >= 0.3 is 0 Å². The molecule has 1 amide bonds. The lowest BCUT2D eigenvalue weighted by atomic mass is 10.1. The van der Waals surface area contributed by atoms with E-state index in [1.807, 2.05) is 66.4 Å². The van der Waals surface area contributed by atoms with E-state index in [2.05, 4.69) is 5.32 Å². The van der Waals surface area contributed by atoms with Crippen LogP contribution in [-0.2, 0) is 14.8 Å². The third-order valence-electron chi connectivity index (χ3n) is 5.27. The van der Waals surface area contributed by atoms with Crippen LogP contribution in [0, 0.1) is 0 Å². The first-order valence-corrected chi connectivity index (χ1v) is 11.8. The Hall–Kier alpha value is -2.68. The van der Waals surface area contributed by atoms with E-state index in [0.29, 0.717) is 26.2 Å². The molecule has 1 fully saturated rings. The summed E-state index contributed by atoms with van der Waals surface area (Å²) in [4.78, 5) is 14.5. The topological polar surface area (TPSA) is 79.0 Å². The fourth-order valence-corrected chi connectivity index (χ4v) is 4.72. The first-order chi connectivity index (χ1) is 14.9. The number of piperazine rings is 1. The second-order valence-corrected chi connectivity index (χ2v) is 9.28. The molecule has 1 aliphatic rings. The minimum absolute atomic E-state index is 0.0984. The lowest BCUT2D eigenvalue weighted by molar-refractivity contribution is -0.123. The summed E-state index contributed by atoms with van der Waals surface area (Å²) in [5.41, 5.74) is 1.75. The molecular formula is C23H29N3O4S. The highest BCUT2D eigenvalue weighted by Crippen LogP contribution is 2.24. The zero-order valence-electron chi connectivity index (χ0n) is 17.9. The van der Waals surface area contributed by atoms with Gasteiger partial charge in [0.15, 0.2) is 0 Å². The van der Waals surface area contributed by atoms with Crippen LogP contribution >= 0.6 is 0 Å². The largest absolute Gasteiger partial charge is 0.496 e. The van der Waals surface area contributed by atoms with Gasteiger partial charge in [0.2, 0.25) is 15.9 Å². The van der Waals surface area contributed by atoms with Crippen LogP contribution in [0.25, 0.3) is 6.08 Å². The van der Waals surface area contributed by atoms with Crippen LogP contribution in [0.1, 0.15) is 24.1 Å². The standard InChI is InChI=1S/C23H29N3O4S/c1-19(21-10-6-7-11-22(21)30-2)24-23(27)18-25-13-15-26(16-14-25)31(28,29)17-12-20-8-4-3-5-9-20/h3-12,17,19H,13-16,18H2,1-2H3,(H,24,27)/b17-12+. The molecule has 1 N–H and O–H groups in total. The predicted molar refractivity (Wildman–Crippen MR) is 122 cm³/mol. The number of ether oxygens (including phenoxy) is 1. The smallest absolute Gasteiger partial charge is 0.236 e. The van der Waals surface area contributed by atoms with Gasteiger partial charge in [0, 0.05) is 37.2 Å². The number of sulfonamides is 1. The molecule has 0 radical (unpaired) electrons. The van der Waals surface area contributed by atoms with Crippen LogP contribution in [0.5, 0.6) is 5.75 Å². The number of carbonyl (C=O) groups excluding carboxylic acids is 1. The molecule has 166 valence electrons. The maximum absolute atomic E-state index is 12.6. The summed E-state index contributed by atoms with van der Waals surface area (Å²) in [6, 6.07) is 16.7. The first-order valence-electron chi connectivity index (χ1n) is 10.3. The molecule has 31 heavy (non-hydrogen) atoms. The van der Waals surface area contributed by atoms with Gasteiger partial charge in [-0.25, -0.2) is 8.42 Å². The average molecular weight is 444 g/mol. The summed E-state index contributed by atoms with van der Waals surface area (Å²) < 4.78 is 32.0. The molecule has 0 saturated carbocycles. The van der Waals surface area contributed by atoms with Gasteiger partial charge in [-0.05, 0) is 24.6 Å². The molecule has 0 spiro atoms. The SMILES string of the molecule is COc1ccccc1C(C)NC(=O)CN1CCN(S(=O)(=O)/C=C/c2ccccc2)CC1. The molecule has 1 saturated heterocycles. The molecule has 1 unspecified atom stereocenters. The minimum Gasteiger partial charge on any atom is -0.496 e. The molecule has 3 rings (SSSR count). The van der Waals surface area contributed by atoms with Gasteiger partial charge in [-0.3, -0.25) is 9.69 Å². The summed E-state index contributed by atoms with van der Waals surface area (Å²) in [5.74, 6) is 0.636. The van der Waals surface area contributed by atoms with Crippen molar-refractivity contribution in [3.05, 3.63) is 71.1 Å². The summed E-state index contributed by atoms with van der Waals surface area (Å²) >= 11 is 0. The Balaban J connectivity index is 1.49. The van der Waals surface area contributed by atoms with Crippen molar-refractivity contribution in [1.82, 2.24) is 14.5 Å². The van der Waals surface area contributed by atoms with E-state index in [9.17, 15) is 13.2 Å². The fraction of sp³-hybridized carbons (Fsp3) is 0.348. The number of amides is 1. The van der Waals surface area contributed by atoms with E-state index in [4.69, 9.17) is 4.74 Å². The highest BCUT2D eigenvalue weighted by Gasteiger charge is 2.26. The van der Waals surface area contributed by atoms with Gasteiger partial charge in [0.1, 0.15) is 5.75 Å². The van der Waals surface area contributed by atoms with Crippen LogP contribution in [0.3, 0.4) is 0 Å². The molecule has 2 aromatic rings. The van der Waals surface area contributed by atoms with Crippen LogP contribution < -0.4 is 10.1 Å². The molecule has 0 aliphatic carbocycles. The van der Waals surface area contributed by atoms with Crippen molar-refractivity contribution in [2.24, 2.45) is 0 Å². The van der Waals surface area contributed by atoms with Gasteiger partial charge in [0.05, 0.1) is 19.7 Å². The third-order valence-corrected chi connectivity index (χ3v) is 6.84. The zero-order valence-corrected chi connectivity index (χ0v) is 18.7. The maximum atomic E-state index is 12.6. The highest BCUT2D eigenvalue weighted by molar-refractivity contribution is 7.92. The quantitative estimate of drug-likeness (QED) is 0.678. The molecule has 8 heteroatoms. The summed E-state index contributed by atoms with van der Waals surface area (Å²) in [7, 11) is -1.88. The average Bonchev–Trinajstić information content (AvgIpc) is 2.78. The number of carbonyl (C=O) groups is 1. The molecular weight excluding hydrogens is 414 g/mol. The van der Waals surface area contributed by atoms with Crippen LogP contribution in [0.15, 0.2) is 60.0 Å². The third kappa shape index (κ3) is 6.40. The number of methoxy groups -OCH3 is 1. The second-order valence-electron chi connectivity index (χ2n) is 7.46. The summed E-state index contributed by atoms with van der Waals surface area (Å²) in [6.07, 6.45) is 1.61. The Labute approximate surface area is 184 Å². The van der Waals surface area contributed by atoms with Crippen LogP contribution in [0.2, 0.25) is 0 Å². The van der Waals surface area contributed by atoms with Gasteiger partial charge in [-0.2, -0.15) is 4.31 Å². The summed E-state index contributed by atoms with van der Waals surface area (Å²) in [6.45, 7) is 3.88. The van der Waals surface area contributed by atoms with E-state index in [1.54, 1.807) is 13.2 Å². The van der Waals surface area contributed by atoms with Gasteiger partial charge in [0.25, 0.3) is 0 Å². The Morgan fingerprint density at radius 3 is 2.39 bits per heavy atom. The monoisotopic (exact) mass is 443 g/mol. The molecule has 2 aromatic carbocycles. The van der Waals surface area contributed by atoms with E-state index in [0.717, 1.165) is 16.9 Å². The number of benzene rings is 2. The van der Waals surface area contributed by atoms with E-state index in [-0.39, 0.29) is 18.5 Å². The number of hydrogen-bond acceptors (Lipinski definition) is 5. The van der Waals surface area contributed by atoms with E-state index in [1.165, 1.54) is 9.71 Å². The number of para-hydroxylation sites is 1. The molecule has 1 atom stereocenters. The summed E-state index contributed by atoms with van der Waals surface area (Å²) in [5, 5.41) is 4.24. The Morgan fingerprint density at radius 2 is 1.71 bits per heavy atom. The van der Waals surface area contributed by atoms with Gasteiger partial charge in [-0.15, -0.1) is 0 Å². The Bertz CT molecular complexity index is 1000. The van der Waals surface area contributed by atoms with Crippen LogP contribution in [0.4, 0.5) is 0 Å². The molecule has 0 bridgehead atoms. The number of rotatable bonds is 8. The van der Waals surface area contributed by atoms with Crippen molar-refractivity contribution in [3.63, 3.8) is 0 Å². The normalized spacial score (nSPS) is 16.8.